The molecule has 0 N–H and O–H groups in total. The van der Waals surface area contributed by atoms with Crippen molar-refractivity contribution in [2.75, 3.05) is 0 Å². The lowest BCUT2D eigenvalue weighted by Gasteiger charge is -2.13. The lowest BCUT2D eigenvalue weighted by Crippen LogP contribution is -1.91. The second-order valence-corrected chi connectivity index (χ2v) is 7.30. The van der Waals surface area contributed by atoms with Crippen LogP contribution in [-0.2, 0) is 0 Å². The van der Waals surface area contributed by atoms with E-state index in [0.717, 1.165) is 8.95 Å². The molecule has 3 aromatic carbocycles. The lowest BCUT2D eigenvalue weighted by atomic mass is 10.3. The zero-order valence-corrected chi connectivity index (χ0v) is 16.8. The number of benzene rings is 3. The molecule has 0 aliphatic rings. The summed E-state index contributed by atoms with van der Waals surface area (Å²) in [6.45, 7) is 0. The van der Waals surface area contributed by atoms with Crippen LogP contribution >= 0.6 is 55.1 Å². The molecule has 0 atom stereocenters. The summed E-state index contributed by atoms with van der Waals surface area (Å²) in [5.74, 6) is 2.20. The minimum Gasteiger partial charge on any atom is -0.454 e. The highest BCUT2D eigenvalue weighted by Gasteiger charge is 2.13. The summed E-state index contributed by atoms with van der Waals surface area (Å²) < 4.78 is 13.4. The Labute approximate surface area is 166 Å². The van der Waals surface area contributed by atoms with Gasteiger partial charge in [0.2, 0.25) is 0 Å². The highest BCUT2D eigenvalue weighted by Crippen LogP contribution is 2.41. The molecule has 0 saturated carbocycles. The summed E-state index contributed by atoms with van der Waals surface area (Å²) >= 11 is 19.4. The fraction of sp³-hybridized carbons (Fsp3) is 0. The average molecular weight is 489 g/mol. The fourth-order valence-electron chi connectivity index (χ4n) is 1.96. The smallest absolute Gasteiger partial charge is 0.149 e. The Balaban J connectivity index is 1.94. The third-order valence-corrected chi connectivity index (χ3v) is 5.00. The van der Waals surface area contributed by atoms with Crippen LogP contribution in [0.4, 0.5) is 0 Å². The highest BCUT2D eigenvalue weighted by molar-refractivity contribution is 9.10. The predicted molar refractivity (Wildman–Crippen MR) is 105 cm³/mol. The van der Waals surface area contributed by atoms with Gasteiger partial charge in [-0.2, -0.15) is 0 Å². The van der Waals surface area contributed by atoms with Crippen molar-refractivity contribution in [2.24, 2.45) is 0 Å². The van der Waals surface area contributed by atoms with Crippen LogP contribution in [0, 0.1) is 0 Å². The van der Waals surface area contributed by atoms with Crippen molar-refractivity contribution in [3.8, 4) is 23.0 Å². The van der Waals surface area contributed by atoms with E-state index in [2.05, 4.69) is 31.9 Å². The molecule has 0 unspecified atom stereocenters. The first-order chi connectivity index (χ1) is 11.5. The van der Waals surface area contributed by atoms with E-state index in [0.29, 0.717) is 33.0 Å². The topological polar surface area (TPSA) is 18.5 Å². The van der Waals surface area contributed by atoms with E-state index in [1.54, 1.807) is 12.1 Å². The summed E-state index contributed by atoms with van der Waals surface area (Å²) in [5, 5.41) is 0.797. The molecule has 122 valence electrons. The number of hydrogen-bond donors (Lipinski definition) is 0. The first-order valence-electron chi connectivity index (χ1n) is 6.88. The van der Waals surface area contributed by atoms with Crippen molar-refractivity contribution in [2.45, 2.75) is 0 Å². The zero-order valence-electron chi connectivity index (χ0n) is 12.1. The molecule has 0 aliphatic heterocycles. The van der Waals surface area contributed by atoms with Gasteiger partial charge < -0.3 is 9.47 Å². The summed E-state index contributed by atoms with van der Waals surface area (Å²) in [4.78, 5) is 0. The Morgan fingerprint density at radius 2 is 1.00 bits per heavy atom. The van der Waals surface area contributed by atoms with Gasteiger partial charge in [-0.1, -0.05) is 47.5 Å². The van der Waals surface area contributed by atoms with Crippen LogP contribution in [0.25, 0.3) is 0 Å². The van der Waals surface area contributed by atoms with E-state index in [1.165, 1.54) is 0 Å². The molecule has 0 heterocycles. The van der Waals surface area contributed by atoms with Gasteiger partial charge in [0.25, 0.3) is 0 Å². The minimum atomic E-state index is 0.398. The van der Waals surface area contributed by atoms with Crippen LogP contribution in [0.2, 0.25) is 10.0 Å². The first kappa shape index (κ1) is 17.6. The number of halogens is 4. The second-order valence-electron chi connectivity index (χ2n) is 4.78. The van der Waals surface area contributed by atoms with E-state index in [1.807, 2.05) is 48.5 Å². The Morgan fingerprint density at radius 1 is 0.583 bits per heavy atom. The Kier molecular flexibility index (Phi) is 5.72. The van der Waals surface area contributed by atoms with Crippen LogP contribution in [-0.4, -0.2) is 0 Å². The molecule has 2 nitrogen and oxygen atoms in total. The van der Waals surface area contributed by atoms with Gasteiger partial charge in [0.05, 0.1) is 19.0 Å². The van der Waals surface area contributed by atoms with Crippen molar-refractivity contribution < 1.29 is 9.47 Å². The third kappa shape index (κ3) is 4.06. The highest BCUT2D eigenvalue weighted by atomic mass is 79.9. The molecule has 3 rings (SSSR count). The molecule has 0 fully saturated rings. The molecule has 24 heavy (non-hydrogen) atoms. The van der Waals surface area contributed by atoms with Gasteiger partial charge in [-0.15, -0.1) is 0 Å². The Hall–Kier alpha value is -1.20. The van der Waals surface area contributed by atoms with Crippen molar-refractivity contribution in [3.05, 3.63) is 79.7 Å². The van der Waals surface area contributed by atoms with E-state index < -0.39 is 0 Å². The number of para-hydroxylation sites is 2. The summed E-state index contributed by atoms with van der Waals surface area (Å²) in [5.41, 5.74) is 0. The Morgan fingerprint density at radius 3 is 1.42 bits per heavy atom. The average Bonchev–Trinajstić information content (AvgIpc) is 2.56. The molecule has 0 aromatic heterocycles. The van der Waals surface area contributed by atoms with Gasteiger partial charge in [0.15, 0.2) is 0 Å². The fourth-order valence-corrected chi connectivity index (χ4v) is 3.15. The number of ether oxygens (including phenoxy) is 2. The van der Waals surface area contributed by atoms with Crippen LogP contribution in [0.15, 0.2) is 69.6 Å². The maximum atomic E-state index is 6.25. The largest absolute Gasteiger partial charge is 0.454 e. The zero-order chi connectivity index (χ0) is 17.1. The molecule has 0 bridgehead atoms. The molecule has 0 aliphatic carbocycles. The molecular weight excluding hydrogens is 479 g/mol. The molecule has 0 amide bonds. The number of rotatable bonds is 4. The van der Waals surface area contributed by atoms with Gasteiger partial charge >= 0.3 is 0 Å². The molecule has 0 spiro atoms. The van der Waals surface area contributed by atoms with Crippen molar-refractivity contribution >= 4 is 55.1 Å². The SMILES string of the molecule is Clc1cc(Cl)c(Oc2ccccc2Br)cc1Oc1ccccc1Br. The summed E-state index contributed by atoms with van der Waals surface area (Å²) in [6, 6.07) is 18.3. The van der Waals surface area contributed by atoms with E-state index >= 15 is 0 Å². The van der Waals surface area contributed by atoms with E-state index in [-0.39, 0.29) is 0 Å². The summed E-state index contributed by atoms with van der Waals surface area (Å²) in [7, 11) is 0. The van der Waals surface area contributed by atoms with Gasteiger partial charge in [-0.25, -0.2) is 0 Å². The van der Waals surface area contributed by atoms with E-state index in [4.69, 9.17) is 32.7 Å². The van der Waals surface area contributed by atoms with Crippen molar-refractivity contribution in [1.82, 2.24) is 0 Å². The summed E-state index contributed by atoms with van der Waals surface area (Å²) in [6.07, 6.45) is 0. The van der Waals surface area contributed by atoms with Crippen LogP contribution < -0.4 is 9.47 Å². The van der Waals surface area contributed by atoms with Crippen LogP contribution in [0.3, 0.4) is 0 Å². The molecule has 6 heteroatoms. The number of hydrogen-bond acceptors (Lipinski definition) is 2. The first-order valence-corrected chi connectivity index (χ1v) is 9.22. The standard InChI is InChI=1S/C18H10Br2Cl2O2/c19-11-5-1-3-7-15(11)23-17-10-18(14(22)9-13(17)21)24-16-8-4-2-6-12(16)20/h1-10H. The normalized spacial score (nSPS) is 10.5. The molecule has 0 radical (unpaired) electrons. The Bertz CT molecular complexity index is 816. The third-order valence-electron chi connectivity index (χ3n) is 3.10. The van der Waals surface area contributed by atoms with Gasteiger partial charge in [-0.3, -0.25) is 0 Å². The van der Waals surface area contributed by atoms with Crippen LogP contribution in [0.5, 0.6) is 23.0 Å². The minimum absolute atomic E-state index is 0.398. The maximum absolute atomic E-state index is 6.25. The van der Waals surface area contributed by atoms with Gasteiger partial charge in [-0.05, 0) is 62.2 Å². The molecule has 3 aromatic rings. The van der Waals surface area contributed by atoms with Crippen molar-refractivity contribution in [3.63, 3.8) is 0 Å². The monoisotopic (exact) mass is 486 g/mol. The maximum Gasteiger partial charge on any atom is 0.149 e. The van der Waals surface area contributed by atoms with E-state index in [9.17, 15) is 0 Å². The quantitative estimate of drug-likeness (QED) is 0.369. The van der Waals surface area contributed by atoms with Gasteiger partial charge in [0.1, 0.15) is 23.0 Å². The molecular formula is C18H10Br2Cl2O2. The van der Waals surface area contributed by atoms with Gasteiger partial charge in [0, 0.05) is 6.07 Å². The molecule has 0 saturated heterocycles. The predicted octanol–water partition coefficient (Wildman–Crippen LogP) is 8.10. The lowest BCUT2D eigenvalue weighted by molar-refractivity contribution is 0.458. The van der Waals surface area contributed by atoms with Crippen LogP contribution in [0.1, 0.15) is 0 Å². The van der Waals surface area contributed by atoms with Crippen molar-refractivity contribution in [1.29, 1.82) is 0 Å². The second kappa shape index (κ2) is 7.79.